The lowest BCUT2D eigenvalue weighted by Gasteiger charge is -2.06. The second-order valence-corrected chi connectivity index (χ2v) is 7.65. The van der Waals surface area contributed by atoms with Crippen LogP contribution in [0.5, 0.6) is 5.75 Å². The van der Waals surface area contributed by atoms with Gasteiger partial charge in [0.2, 0.25) is 11.4 Å². The lowest BCUT2D eigenvalue weighted by molar-refractivity contribution is -0.520. The fourth-order valence-electron chi connectivity index (χ4n) is 2.55. The van der Waals surface area contributed by atoms with Gasteiger partial charge >= 0.3 is 0 Å². The number of aromatic hydroxyl groups is 1. The molecule has 0 unspecified atom stereocenters. The van der Waals surface area contributed by atoms with E-state index >= 15 is 0 Å². The van der Waals surface area contributed by atoms with Crippen LogP contribution in [0.15, 0.2) is 64.2 Å². The average molecular weight is 411 g/mol. The first-order valence-electron chi connectivity index (χ1n) is 8.32. The van der Waals surface area contributed by atoms with E-state index in [-0.39, 0.29) is 18.1 Å². The number of carbonyl (C=O) groups is 1. The van der Waals surface area contributed by atoms with Crippen molar-refractivity contribution in [3.8, 4) is 22.1 Å². The van der Waals surface area contributed by atoms with Crippen LogP contribution in [0.1, 0.15) is 16.1 Å². The van der Waals surface area contributed by atoms with Crippen molar-refractivity contribution in [2.75, 3.05) is 0 Å². The van der Waals surface area contributed by atoms with Gasteiger partial charge in [0.25, 0.3) is 11.5 Å². The molecule has 4 aromatic rings. The number of H-pyrrole nitrogens is 1. The predicted octanol–water partition coefficient (Wildman–Crippen LogP) is 2.47. The fourth-order valence-corrected chi connectivity index (χ4v) is 4.06. The van der Waals surface area contributed by atoms with Gasteiger partial charge in [0, 0.05) is 12.1 Å². The molecule has 0 bridgehead atoms. The molecule has 0 saturated heterocycles. The van der Waals surface area contributed by atoms with Crippen LogP contribution in [0.2, 0.25) is 0 Å². The number of thiophene rings is 1. The molecule has 0 saturated carbocycles. The lowest BCUT2D eigenvalue weighted by atomic mass is 10.3. The first-order valence-corrected chi connectivity index (χ1v) is 10.0. The summed E-state index contributed by atoms with van der Waals surface area (Å²) in [6.45, 7) is 0.247. The second kappa shape index (κ2) is 7.75. The second-order valence-electron chi connectivity index (χ2n) is 5.86. The van der Waals surface area contributed by atoms with Gasteiger partial charge in [-0.25, -0.2) is 4.98 Å². The van der Waals surface area contributed by atoms with Gasteiger partial charge in [-0.1, -0.05) is 24.3 Å². The van der Waals surface area contributed by atoms with Gasteiger partial charge in [-0.05, 0) is 11.4 Å². The minimum atomic E-state index is -0.749. The van der Waals surface area contributed by atoms with E-state index in [1.54, 1.807) is 6.07 Å². The molecular weight excluding hydrogens is 396 g/mol. The number of hydrogen-bond donors (Lipinski definition) is 3. The molecule has 28 heavy (non-hydrogen) atoms. The molecule has 3 aromatic heterocycles. The summed E-state index contributed by atoms with van der Waals surface area (Å²) in [5.74, 6) is -1.05. The largest absolute Gasteiger partial charge is 0.501 e. The maximum Gasteiger partial charge on any atom is 0.294 e. The van der Waals surface area contributed by atoms with Gasteiger partial charge in [-0.15, -0.1) is 15.3 Å². The first kappa shape index (κ1) is 18.1. The van der Waals surface area contributed by atoms with Gasteiger partial charge in [0.1, 0.15) is 11.5 Å². The number of benzene rings is 1. The van der Waals surface area contributed by atoms with E-state index in [4.69, 9.17) is 0 Å². The standard InChI is InChI=1S/C19H14N4O3S2/c24-16-15(21-17(22-19(16)26)14-7-4-8-27-14)18(25)20-9-12-10-23(28-11-12)13-5-2-1-3-6-13/h1-8,10-11H,9H2,(H2-,20,21,22,24,25,26)/p+1. The summed E-state index contributed by atoms with van der Waals surface area (Å²) in [4.78, 5) is 31.8. The number of hydrogen-bond acceptors (Lipinski definition) is 6. The molecule has 3 heterocycles. The summed E-state index contributed by atoms with van der Waals surface area (Å²) < 4.78 is 1.99. The lowest BCUT2D eigenvalue weighted by Crippen LogP contribution is -2.27. The summed E-state index contributed by atoms with van der Waals surface area (Å²) in [5.41, 5.74) is 0.879. The van der Waals surface area contributed by atoms with Crippen LogP contribution in [-0.2, 0) is 6.54 Å². The Labute approximate surface area is 167 Å². The number of aromatic amines is 1. The molecule has 0 spiro atoms. The van der Waals surface area contributed by atoms with Crippen molar-refractivity contribution in [2.24, 2.45) is 0 Å². The zero-order valence-corrected chi connectivity index (χ0v) is 16.1. The predicted molar refractivity (Wildman–Crippen MR) is 107 cm³/mol. The van der Waals surface area contributed by atoms with Gasteiger partial charge in [-0.3, -0.25) is 9.59 Å². The van der Waals surface area contributed by atoms with E-state index in [2.05, 4.69) is 15.3 Å². The molecule has 0 fully saturated rings. The summed E-state index contributed by atoms with van der Waals surface area (Å²) in [6.07, 6.45) is 1.92. The Morgan fingerprint density at radius 2 is 2.04 bits per heavy atom. The summed E-state index contributed by atoms with van der Waals surface area (Å²) in [5, 5.41) is 16.4. The van der Waals surface area contributed by atoms with E-state index in [0.29, 0.717) is 4.88 Å². The molecule has 0 radical (unpaired) electrons. The molecule has 7 nitrogen and oxygen atoms in total. The summed E-state index contributed by atoms with van der Waals surface area (Å²) >= 11 is 2.88. The third kappa shape index (κ3) is 3.71. The van der Waals surface area contributed by atoms with Crippen LogP contribution in [0.3, 0.4) is 0 Å². The van der Waals surface area contributed by atoms with Crippen LogP contribution in [0.4, 0.5) is 0 Å². The van der Waals surface area contributed by atoms with Crippen molar-refractivity contribution in [3.63, 3.8) is 0 Å². The SMILES string of the molecule is O=C(NCc1cs[n+](-c2ccccc2)c1)c1nc(-c2cccs2)[nH]c(=O)c1O. The third-order valence-corrected chi connectivity index (χ3v) is 5.76. The highest BCUT2D eigenvalue weighted by Gasteiger charge is 2.19. The summed E-state index contributed by atoms with van der Waals surface area (Å²) in [7, 11) is 0. The Morgan fingerprint density at radius 1 is 1.21 bits per heavy atom. The van der Waals surface area contributed by atoms with Gasteiger partial charge in [0.15, 0.2) is 17.7 Å². The van der Waals surface area contributed by atoms with E-state index < -0.39 is 17.2 Å². The molecule has 4 rings (SSSR count). The molecule has 0 aliphatic heterocycles. The molecule has 9 heteroatoms. The third-order valence-electron chi connectivity index (χ3n) is 3.93. The van der Waals surface area contributed by atoms with E-state index in [9.17, 15) is 14.7 Å². The molecule has 1 aromatic carbocycles. The van der Waals surface area contributed by atoms with Crippen LogP contribution in [0, 0.1) is 0 Å². The Hall–Kier alpha value is -3.30. The van der Waals surface area contributed by atoms with Crippen LogP contribution >= 0.6 is 22.9 Å². The number of aromatic nitrogens is 3. The maximum atomic E-state index is 12.5. The van der Waals surface area contributed by atoms with Crippen molar-refractivity contribution >= 4 is 28.8 Å². The van der Waals surface area contributed by atoms with Crippen molar-refractivity contribution in [1.29, 1.82) is 0 Å². The van der Waals surface area contributed by atoms with E-state index in [1.165, 1.54) is 22.9 Å². The maximum absolute atomic E-state index is 12.5. The Balaban J connectivity index is 1.52. The van der Waals surface area contributed by atoms with Crippen molar-refractivity contribution in [3.05, 3.63) is 81.0 Å². The van der Waals surface area contributed by atoms with Crippen molar-refractivity contribution < 1.29 is 13.9 Å². The molecule has 0 atom stereocenters. The van der Waals surface area contributed by atoms with E-state index in [1.807, 2.05) is 57.3 Å². The van der Waals surface area contributed by atoms with Gasteiger partial charge in [-0.2, -0.15) is 0 Å². The summed E-state index contributed by atoms with van der Waals surface area (Å²) in [6, 6.07) is 13.4. The highest BCUT2D eigenvalue weighted by atomic mass is 32.1. The molecule has 3 N–H and O–H groups in total. The van der Waals surface area contributed by atoms with Crippen molar-refractivity contribution in [2.45, 2.75) is 6.54 Å². The zero-order valence-electron chi connectivity index (χ0n) is 14.5. The molecule has 0 aliphatic carbocycles. The fraction of sp³-hybridized carbons (Fsp3) is 0.0526. The number of nitrogens with one attached hydrogen (secondary N) is 2. The number of amides is 1. The number of rotatable bonds is 5. The van der Waals surface area contributed by atoms with Crippen LogP contribution in [0.25, 0.3) is 16.4 Å². The number of carbonyl (C=O) groups excluding carboxylic acids is 1. The minimum Gasteiger partial charge on any atom is -0.501 e. The zero-order chi connectivity index (χ0) is 19.5. The Morgan fingerprint density at radius 3 is 2.79 bits per heavy atom. The number of nitrogens with zero attached hydrogens (tertiary/aromatic N) is 2. The quantitative estimate of drug-likeness (QED) is 0.439. The average Bonchev–Trinajstić information content (AvgIpc) is 3.41. The Kier molecular flexibility index (Phi) is 5.00. The van der Waals surface area contributed by atoms with E-state index in [0.717, 1.165) is 11.3 Å². The monoisotopic (exact) mass is 411 g/mol. The normalized spacial score (nSPS) is 10.7. The number of para-hydroxylation sites is 1. The van der Waals surface area contributed by atoms with Gasteiger partial charge in [0.05, 0.1) is 22.4 Å². The van der Waals surface area contributed by atoms with Crippen LogP contribution < -0.4 is 14.8 Å². The van der Waals surface area contributed by atoms with Crippen molar-refractivity contribution in [1.82, 2.24) is 15.3 Å². The molecule has 1 amide bonds. The first-order chi connectivity index (χ1) is 13.6. The molecular formula is C19H15N4O3S2+. The minimum absolute atomic E-state index is 0.247. The molecule has 0 aliphatic rings. The highest BCUT2D eigenvalue weighted by Crippen LogP contribution is 2.21. The van der Waals surface area contributed by atoms with Crippen LogP contribution in [-0.4, -0.2) is 21.0 Å². The smallest absolute Gasteiger partial charge is 0.294 e. The van der Waals surface area contributed by atoms with Gasteiger partial charge < -0.3 is 15.4 Å². The molecule has 140 valence electrons. The topological polar surface area (TPSA) is 99.0 Å². The Bertz CT molecular complexity index is 1170. The highest BCUT2D eigenvalue weighted by molar-refractivity contribution is 7.13.